The molecule has 0 spiro atoms. The summed E-state index contributed by atoms with van der Waals surface area (Å²) >= 11 is 0. The van der Waals surface area contributed by atoms with Gasteiger partial charge in [0.05, 0.1) is 25.3 Å². The van der Waals surface area contributed by atoms with Crippen LogP contribution in [-0.4, -0.2) is 45.7 Å². The van der Waals surface area contributed by atoms with Crippen molar-refractivity contribution in [1.82, 2.24) is 4.90 Å². The first-order valence-electron chi connectivity index (χ1n) is 11.4. The molecular formula is C28H28N2O5. The van der Waals surface area contributed by atoms with E-state index in [9.17, 15) is 4.79 Å². The first-order valence-corrected chi connectivity index (χ1v) is 11.4. The molecule has 0 amide bonds. The third kappa shape index (κ3) is 4.42. The molecule has 0 atom stereocenters. The van der Waals surface area contributed by atoms with Gasteiger partial charge in [0.25, 0.3) is 0 Å². The number of rotatable bonds is 6. The van der Waals surface area contributed by atoms with E-state index < -0.39 is 0 Å². The number of methoxy groups -OCH3 is 2. The molecule has 0 radical (unpaired) electrons. The Labute approximate surface area is 205 Å². The summed E-state index contributed by atoms with van der Waals surface area (Å²) in [5, 5.41) is 0. The van der Waals surface area contributed by atoms with E-state index in [1.165, 1.54) is 0 Å². The maximum absolute atomic E-state index is 13.1. The van der Waals surface area contributed by atoms with E-state index in [0.717, 1.165) is 28.1 Å². The standard InChI is InChI=1S/C28H28N2O5/c1-29(2)20-8-5-18(6-9-20)13-26-27(31)21-10-12-23-22(28(21)35-26)16-30(17-34-23)15-19-7-11-24(32-3)25(14-19)33-4/h5-14H,15-17H2,1-4H3/b26-13-. The minimum absolute atomic E-state index is 0.114. The average Bonchev–Trinajstić information content (AvgIpc) is 3.19. The molecule has 3 aromatic rings. The van der Waals surface area contributed by atoms with Crippen molar-refractivity contribution < 1.29 is 23.7 Å². The molecule has 0 N–H and O–H groups in total. The van der Waals surface area contributed by atoms with Crippen LogP contribution >= 0.6 is 0 Å². The maximum Gasteiger partial charge on any atom is 0.231 e. The molecule has 0 saturated carbocycles. The van der Waals surface area contributed by atoms with E-state index in [1.807, 2.05) is 67.5 Å². The van der Waals surface area contributed by atoms with Gasteiger partial charge in [0.2, 0.25) is 5.78 Å². The largest absolute Gasteiger partial charge is 0.493 e. The lowest BCUT2D eigenvalue weighted by molar-refractivity contribution is 0.0872. The first-order chi connectivity index (χ1) is 17.0. The lowest BCUT2D eigenvalue weighted by atomic mass is 10.0. The summed E-state index contributed by atoms with van der Waals surface area (Å²) in [4.78, 5) is 17.3. The monoisotopic (exact) mass is 472 g/mol. The van der Waals surface area contributed by atoms with Crippen molar-refractivity contribution in [2.24, 2.45) is 0 Å². The van der Waals surface area contributed by atoms with Crippen LogP contribution in [0, 0.1) is 0 Å². The van der Waals surface area contributed by atoms with Crippen molar-refractivity contribution in [3.8, 4) is 23.0 Å². The fraction of sp³-hybridized carbons (Fsp3) is 0.250. The summed E-state index contributed by atoms with van der Waals surface area (Å²) in [5.74, 6) is 2.92. The molecule has 7 nitrogen and oxygen atoms in total. The van der Waals surface area contributed by atoms with E-state index in [4.69, 9.17) is 18.9 Å². The molecule has 0 aliphatic carbocycles. The maximum atomic E-state index is 13.1. The SMILES string of the molecule is COc1ccc(CN2COc3ccc4c(c3C2)O/C(=C\c2ccc(N(C)C)cc2)C4=O)cc1OC. The van der Waals surface area contributed by atoms with Crippen LogP contribution < -0.4 is 23.8 Å². The molecule has 5 rings (SSSR count). The van der Waals surface area contributed by atoms with Crippen molar-refractivity contribution in [2.75, 3.05) is 39.9 Å². The molecule has 3 aromatic carbocycles. The average molecular weight is 473 g/mol. The normalized spacial score (nSPS) is 15.8. The van der Waals surface area contributed by atoms with Gasteiger partial charge in [-0.2, -0.15) is 0 Å². The Morgan fingerprint density at radius 1 is 1.00 bits per heavy atom. The fourth-order valence-corrected chi connectivity index (χ4v) is 4.36. The third-order valence-electron chi connectivity index (χ3n) is 6.24. The predicted octanol–water partition coefficient (Wildman–Crippen LogP) is 4.74. The quantitative estimate of drug-likeness (QED) is 0.481. The number of hydrogen-bond donors (Lipinski definition) is 0. The number of carbonyl (C=O) groups excluding carboxylic acids is 1. The van der Waals surface area contributed by atoms with Gasteiger partial charge in [-0.1, -0.05) is 18.2 Å². The van der Waals surface area contributed by atoms with Gasteiger partial charge in [-0.05, 0) is 53.6 Å². The Kier molecular flexibility index (Phi) is 6.09. The minimum atomic E-state index is -0.114. The molecule has 180 valence electrons. The zero-order chi connectivity index (χ0) is 24.5. The second kappa shape index (κ2) is 9.35. The molecular weight excluding hydrogens is 444 g/mol. The van der Waals surface area contributed by atoms with Crippen LogP contribution in [-0.2, 0) is 13.1 Å². The Balaban J connectivity index is 1.37. The first kappa shape index (κ1) is 22.8. The molecule has 0 aromatic heterocycles. The molecule has 2 aliphatic rings. The van der Waals surface area contributed by atoms with Crippen LogP contribution in [0.5, 0.6) is 23.0 Å². The summed E-state index contributed by atoms with van der Waals surface area (Å²) < 4.78 is 22.9. The van der Waals surface area contributed by atoms with Crippen molar-refractivity contribution >= 4 is 17.5 Å². The highest BCUT2D eigenvalue weighted by molar-refractivity contribution is 6.15. The number of carbonyl (C=O) groups is 1. The molecule has 0 fully saturated rings. The Hall–Kier alpha value is -3.97. The Morgan fingerprint density at radius 2 is 1.77 bits per heavy atom. The van der Waals surface area contributed by atoms with E-state index in [1.54, 1.807) is 26.4 Å². The van der Waals surface area contributed by atoms with Crippen molar-refractivity contribution in [2.45, 2.75) is 13.1 Å². The van der Waals surface area contributed by atoms with Gasteiger partial charge in [0.15, 0.2) is 17.3 Å². The van der Waals surface area contributed by atoms with Gasteiger partial charge in [0, 0.05) is 32.9 Å². The number of Topliss-reactive ketones (excluding diaryl/α,β-unsaturated/α-hetero) is 1. The lowest BCUT2D eigenvalue weighted by Gasteiger charge is -2.29. The zero-order valence-corrected chi connectivity index (χ0v) is 20.3. The Morgan fingerprint density at radius 3 is 2.49 bits per heavy atom. The summed E-state index contributed by atoms with van der Waals surface area (Å²) in [6, 6.07) is 17.5. The molecule has 2 heterocycles. The molecule has 0 bridgehead atoms. The van der Waals surface area contributed by atoms with Gasteiger partial charge in [-0.25, -0.2) is 0 Å². The highest BCUT2D eigenvalue weighted by Crippen LogP contribution is 2.42. The number of allylic oxidation sites excluding steroid dienone is 1. The highest BCUT2D eigenvalue weighted by Gasteiger charge is 2.33. The lowest BCUT2D eigenvalue weighted by Crippen LogP contribution is -2.31. The topological polar surface area (TPSA) is 60.5 Å². The summed E-state index contributed by atoms with van der Waals surface area (Å²) in [6.45, 7) is 1.69. The van der Waals surface area contributed by atoms with Crippen LogP contribution in [0.15, 0.2) is 60.4 Å². The van der Waals surface area contributed by atoms with Crippen molar-refractivity contribution in [3.05, 3.63) is 82.6 Å². The van der Waals surface area contributed by atoms with Crippen LogP contribution in [0.25, 0.3) is 6.08 Å². The molecule has 35 heavy (non-hydrogen) atoms. The number of hydrogen-bond acceptors (Lipinski definition) is 7. The van der Waals surface area contributed by atoms with Crippen molar-refractivity contribution in [3.63, 3.8) is 0 Å². The van der Waals surface area contributed by atoms with Gasteiger partial charge in [-0.3, -0.25) is 9.69 Å². The van der Waals surface area contributed by atoms with E-state index in [-0.39, 0.29) is 5.78 Å². The second-order valence-electron chi connectivity index (χ2n) is 8.79. The zero-order valence-electron chi connectivity index (χ0n) is 20.3. The fourth-order valence-electron chi connectivity index (χ4n) is 4.36. The molecule has 7 heteroatoms. The number of nitrogens with zero attached hydrogens (tertiary/aromatic N) is 2. The van der Waals surface area contributed by atoms with Crippen LogP contribution in [0.3, 0.4) is 0 Å². The van der Waals surface area contributed by atoms with Gasteiger partial charge in [-0.15, -0.1) is 0 Å². The molecule has 0 saturated heterocycles. The number of benzene rings is 3. The number of ketones is 1. The molecule has 0 unspecified atom stereocenters. The number of ether oxygens (including phenoxy) is 4. The van der Waals surface area contributed by atoms with Crippen LogP contribution in [0.2, 0.25) is 0 Å². The summed E-state index contributed by atoms with van der Waals surface area (Å²) in [7, 11) is 7.23. The predicted molar refractivity (Wildman–Crippen MR) is 134 cm³/mol. The smallest absolute Gasteiger partial charge is 0.231 e. The van der Waals surface area contributed by atoms with E-state index in [0.29, 0.717) is 48.4 Å². The Bertz CT molecular complexity index is 1300. The third-order valence-corrected chi connectivity index (χ3v) is 6.24. The summed E-state index contributed by atoms with van der Waals surface area (Å²) in [5.41, 5.74) is 4.52. The van der Waals surface area contributed by atoms with Gasteiger partial charge < -0.3 is 23.8 Å². The van der Waals surface area contributed by atoms with Gasteiger partial charge in [0.1, 0.15) is 18.2 Å². The van der Waals surface area contributed by atoms with Crippen LogP contribution in [0.1, 0.15) is 27.0 Å². The van der Waals surface area contributed by atoms with E-state index in [2.05, 4.69) is 4.90 Å². The van der Waals surface area contributed by atoms with Crippen LogP contribution in [0.4, 0.5) is 5.69 Å². The number of anilines is 1. The van der Waals surface area contributed by atoms with Gasteiger partial charge >= 0.3 is 0 Å². The highest BCUT2D eigenvalue weighted by atomic mass is 16.5. The molecule has 2 aliphatic heterocycles. The minimum Gasteiger partial charge on any atom is -0.493 e. The van der Waals surface area contributed by atoms with Crippen molar-refractivity contribution in [1.29, 1.82) is 0 Å². The second-order valence-corrected chi connectivity index (χ2v) is 8.79. The number of fused-ring (bicyclic) bond motifs is 3. The van der Waals surface area contributed by atoms with E-state index >= 15 is 0 Å². The summed E-state index contributed by atoms with van der Waals surface area (Å²) in [6.07, 6.45) is 1.79.